The Morgan fingerprint density at radius 2 is 2.03 bits per heavy atom. The molecule has 0 bridgehead atoms. The van der Waals surface area contributed by atoms with Gasteiger partial charge in [-0.3, -0.25) is 4.79 Å². The Hall–Kier alpha value is -2.73. The van der Waals surface area contributed by atoms with E-state index in [1.807, 2.05) is 25.1 Å². The molecule has 1 aromatic heterocycles. The Morgan fingerprint density at radius 1 is 1.24 bits per heavy atom. The maximum Gasteiger partial charge on any atom is 0.303 e. The molecule has 4 nitrogen and oxygen atoms in total. The van der Waals surface area contributed by atoms with Gasteiger partial charge in [0.1, 0.15) is 22.7 Å². The largest absolute Gasteiger partial charge is 0.493 e. The first-order valence-electron chi connectivity index (χ1n) is 9.64. The van der Waals surface area contributed by atoms with Crippen molar-refractivity contribution in [3.05, 3.63) is 70.0 Å². The highest BCUT2D eigenvalue weighted by molar-refractivity contribution is 7.15. The number of halogens is 1. The molecule has 1 heterocycles. The lowest BCUT2D eigenvalue weighted by Gasteiger charge is -2.12. The molecule has 4 rings (SSSR count). The van der Waals surface area contributed by atoms with Gasteiger partial charge in [0.15, 0.2) is 0 Å². The zero-order chi connectivity index (χ0) is 20.4. The SMILES string of the molecule is CC(=O)OC1CCc2cc(OCCc3nc(-c4ccc(F)cc4)sc3C)ccc21. The van der Waals surface area contributed by atoms with Crippen LogP contribution in [-0.4, -0.2) is 17.6 Å². The van der Waals surface area contributed by atoms with Crippen LogP contribution in [0.15, 0.2) is 42.5 Å². The Labute approximate surface area is 173 Å². The molecule has 1 unspecified atom stereocenters. The van der Waals surface area contributed by atoms with Crippen LogP contribution in [0.3, 0.4) is 0 Å². The van der Waals surface area contributed by atoms with Gasteiger partial charge in [0.2, 0.25) is 0 Å². The minimum absolute atomic E-state index is 0.140. The van der Waals surface area contributed by atoms with E-state index in [2.05, 4.69) is 0 Å². The number of rotatable bonds is 6. The number of hydrogen-bond donors (Lipinski definition) is 0. The fourth-order valence-electron chi connectivity index (χ4n) is 3.61. The lowest BCUT2D eigenvalue weighted by molar-refractivity contribution is -0.146. The predicted molar refractivity (Wildman–Crippen MR) is 111 cm³/mol. The van der Waals surface area contributed by atoms with Gasteiger partial charge >= 0.3 is 5.97 Å². The summed E-state index contributed by atoms with van der Waals surface area (Å²) in [5, 5.41) is 0.895. The molecule has 0 saturated heterocycles. The van der Waals surface area contributed by atoms with E-state index in [0.717, 1.165) is 45.3 Å². The van der Waals surface area contributed by atoms with E-state index in [0.29, 0.717) is 13.0 Å². The third-order valence-electron chi connectivity index (χ3n) is 5.04. The van der Waals surface area contributed by atoms with Gasteiger partial charge in [-0.2, -0.15) is 0 Å². The molecule has 1 aliphatic carbocycles. The number of fused-ring (bicyclic) bond motifs is 1. The number of carbonyl (C=O) groups excluding carboxylic acids is 1. The molecule has 0 N–H and O–H groups in total. The molecule has 0 saturated carbocycles. The second kappa shape index (κ2) is 8.33. The average Bonchev–Trinajstić information content (AvgIpc) is 3.25. The van der Waals surface area contributed by atoms with Gasteiger partial charge in [-0.1, -0.05) is 6.07 Å². The van der Waals surface area contributed by atoms with Crippen LogP contribution in [-0.2, 0) is 22.4 Å². The van der Waals surface area contributed by atoms with Crippen LogP contribution in [0.25, 0.3) is 10.6 Å². The summed E-state index contributed by atoms with van der Waals surface area (Å²) in [6.07, 6.45) is 2.27. The van der Waals surface area contributed by atoms with Gasteiger partial charge in [0.25, 0.3) is 0 Å². The fourth-order valence-corrected chi connectivity index (χ4v) is 4.57. The molecule has 150 valence electrons. The number of ether oxygens (including phenoxy) is 2. The molecule has 0 fully saturated rings. The van der Waals surface area contributed by atoms with Crippen molar-refractivity contribution in [1.29, 1.82) is 0 Å². The molecule has 29 heavy (non-hydrogen) atoms. The van der Waals surface area contributed by atoms with Gasteiger partial charge in [0, 0.05) is 23.8 Å². The molecule has 1 aliphatic rings. The maximum absolute atomic E-state index is 13.1. The Morgan fingerprint density at radius 3 is 2.79 bits per heavy atom. The Balaban J connectivity index is 1.37. The van der Waals surface area contributed by atoms with Crippen LogP contribution < -0.4 is 4.74 Å². The van der Waals surface area contributed by atoms with Crippen molar-refractivity contribution in [3.63, 3.8) is 0 Å². The number of thiazole rings is 1. The van der Waals surface area contributed by atoms with Crippen LogP contribution in [0.4, 0.5) is 4.39 Å². The summed E-state index contributed by atoms with van der Waals surface area (Å²) in [7, 11) is 0. The van der Waals surface area contributed by atoms with Crippen LogP contribution in [0.5, 0.6) is 5.75 Å². The van der Waals surface area contributed by atoms with Crippen molar-refractivity contribution >= 4 is 17.3 Å². The Bertz CT molecular complexity index is 1030. The summed E-state index contributed by atoms with van der Waals surface area (Å²) in [6.45, 7) is 4.02. The normalized spacial score (nSPS) is 15.2. The number of hydrogen-bond acceptors (Lipinski definition) is 5. The molecular weight excluding hydrogens is 389 g/mol. The molecule has 0 aliphatic heterocycles. The van der Waals surface area contributed by atoms with E-state index >= 15 is 0 Å². The summed E-state index contributed by atoms with van der Waals surface area (Å²) in [4.78, 5) is 17.1. The highest BCUT2D eigenvalue weighted by Crippen LogP contribution is 2.36. The van der Waals surface area contributed by atoms with Crippen molar-refractivity contribution in [2.75, 3.05) is 6.61 Å². The topological polar surface area (TPSA) is 48.4 Å². The summed E-state index contributed by atoms with van der Waals surface area (Å²) < 4.78 is 24.4. The third-order valence-corrected chi connectivity index (χ3v) is 6.10. The summed E-state index contributed by atoms with van der Waals surface area (Å²) in [6, 6.07) is 12.4. The van der Waals surface area contributed by atoms with E-state index < -0.39 is 0 Å². The minimum Gasteiger partial charge on any atom is -0.493 e. The van der Waals surface area contributed by atoms with Gasteiger partial charge in [0.05, 0.1) is 12.3 Å². The summed E-state index contributed by atoms with van der Waals surface area (Å²) >= 11 is 1.61. The van der Waals surface area contributed by atoms with Gasteiger partial charge in [-0.05, 0) is 67.3 Å². The van der Waals surface area contributed by atoms with Crippen LogP contribution in [0.2, 0.25) is 0 Å². The second-order valence-corrected chi connectivity index (χ2v) is 8.33. The summed E-state index contributed by atoms with van der Waals surface area (Å²) in [5.74, 6) is 0.324. The molecule has 3 aromatic rings. The molecule has 0 radical (unpaired) electrons. The number of aryl methyl sites for hydroxylation is 2. The van der Waals surface area contributed by atoms with Gasteiger partial charge in [-0.25, -0.2) is 9.37 Å². The first-order chi connectivity index (χ1) is 14.0. The third kappa shape index (κ3) is 4.48. The molecular formula is C23H22FNO3S. The summed E-state index contributed by atoms with van der Waals surface area (Å²) in [5.41, 5.74) is 4.18. The van der Waals surface area contributed by atoms with E-state index in [4.69, 9.17) is 14.5 Å². The first kappa shape index (κ1) is 19.6. The van der Waals surface area contributed by atoms with Crippen molar-refractivity contribution in [3.8, 4) is 16.3 Å². The first-order valence-corrected chi connectivity index (χ1v) is 10.5. The number of carbonyl (C=O) groups is 1. The van der Waals surface area contributed by atoms with E-state index in [1.54, 1.807) is 23.5 Å². The lowest BCUT2D eigenvalue weighted by atomic mass is 10.1. The average molecular weight is 411 g/mol. The zero-order valence-electron chi connectivity index (χ0n) is 16.4. The van der Waals surface area contributed by atoms with Gasteiger partial charge in [-0.15, -0.1) is 11.3 Å². The molecule has 0 amide bonds. The van der Waals surface area contributed by atoms with E-state index in [1.165, 1.54) is 24.6 Å². The van der Waals surface area contributed by atoms with Crippen molar-refractivity contribution in [2.24, 2.45) is 0 Å². The smallest absolute Gasteiger partial charge is 0.303 e. The van der Waals surface area contributed by atoms with Crippen molar-refractivity contribution < 1.29 is 18.7 Å². The second-order valence-electron chi connectivity index (χ2n) is 7.12. The molecule has 0 spiro atoms. The number of nitrogens with zero attached hydrogens (tertiary/aromatic N) is 1. The minimum atomic E-state index is -0.248. The highest BCUT2D eigenvalue weighted by Gasteiger charge is 2.25. The quantitative estimate of drug-likeness (QED) is 0.508. The van der Waals surface area contributed by atoms with E-state index in [9.17, 15) is 9.18 Å². The zero-order valence-corrected chi connectivity index (χ0v) is 17.2. The molecule has 6 heteroatoms. The van der Waals surface area contributed by atoms with Crippen LogP contribution in [0.1, 0.15) is 41.1 Å². The number of benzene rings is 2. The predicted octanol–water partition coefficient (Wildman–Crippen LogP) is 5.43. The van der Waals surface area contributed by atoms with Crippen LogP contribution >= 0.6 is 11.3 Å². The molecule has 1 atom stereocenters. The Kier molecular flexibility index (Phi) is 5.62. The van der Waals surface area contributed by atoms with E-state index in [-0.39, 0.29) is 17.9 Å². The number of esters is 1. The lowest BCUT2D eigenvalue weighted by Crippen LogP contribution is -2.05. The highest BCUT2D eigenvalue weighted by atomic mass is 32.1. The fraction of sp³-hybridized carbons (Fsp3) is 0.304. The van der Waals surface area contributed by atoms with Gasteiger partial charge < -0.3 is 9.47 Å². The monoisotopic (exact) mass is 411 g/mol. The van der Waals surface area contributed by atoms with Crippen LogP contribution in [0, 0.1) is 12.7 Å². The molecule has 2 aromatic carbocycles. The van der Waals surface area contributed by atoms with Crippen molar-refractivity contribution in [2.45, 2.75) is 39.2 Å². The maximum atomic E-state index is 13.1. The number of aromatic nitrogens is 1. The standard InChI is InChI=1S/C23H22FNO3S/c1-14-21(25-23(29-14)16-3-6-18(24)7-4-16)11-12-27-19-8-9-20-17(13-19)5-10-22(20)28-15(2)26/h3-4,6-9,13,22H,5,10-12H2,1-2H3. The van der Waals surface area contributed by atoms with Crippen molar-refractivity contribution in [1.82, 2.24) is 4.98 Å².